The number of aromatic amines is 1. The van der Waals surface area contributed by atoms with E-state index in [1.165, 1.54) is 6.20 Å². The average molecular weight is 239 g/mol. The minimum atomic E-state index is -1.21. The van der Waals surface area contributed by atoms with Gasteiger partial charge in [-0.05, 0) is 6.07 Å². The van der Waals surface area contributed by atoms with Crippen molar-refractivity contribution in [3.8, 4) is 0 Å². The first-order valence-corrected chi connectivity index (χ1v) is 4.64. The number of H-pyrrole nitrogens is 1. The Bertz CT molecular complexity index is 664. The number of esters is 1. The summed E-state index contributed by atoms with van der Waals surface area (Å²) in [7, 11) is 1.00. The van der Waals surface area contributed by atoms with E-state index in [9.17, 15) is 18.4 Å². The fourth-order valence-electron chi connectivity index (χ4n) is 1.55. The van der Waals surface area contributed by atoms with E-state index in [-0.39, 0.29) is 10.9 Å². The molecule has 0 radical (unpaired) electrons. The van der Waals surface area contributed by atoms with Gasteiger partial charge in [0.15, 0.2) is 11.2 Å². The van der Waals surface area contributed by atoms with Crippen molar-refractivity contribution in [2.75, 3.05) is 7.11 Å². The molecule has 6 heteroatoms. The number of ether oxygens (including phenoxy) is 1. The minimum absolute atomic E-state index is 0.0137. The molecule has 0 saturated heterocycles. The molecule has 88 valence electrons. The first-order chi connectivity index (χ1) is 8.06. The van der Waals surface area contributed by atoms with Crippen LogP contribution in [0, 0.1) is 11.6 Å². The molecule has 0 amide bonds. The van der Waals surface area contributed by atoms with E-state index in [0.29, 0.717) is 0 Å². The molecule has 1 aromatic heterocycles. The highest BCUT2D eigenvalue weighted by Gasteiger charge is 2.22. The van der Waals surface area contributed by atoms with Gasteiger partial charge in [-0.3, -0.25) is 4.79 Å². The Morgan fingerprint density at radius 1 is 1.41 bits per heavy atom. The number of aromatic nitrogens is 1. The number of rotatable bonds is 1. The molecule has 0 aliphatic rings. The number of nitrogens with one attached hydrogen (secondary N) is 1. The third-order valence-electron chi connectivity index (χ3n) is 2.33. The second kappa shape index (κ2) is 3.97. The van der Waals surface area contributed by atoms with Crippen LogP contribution in [0.25, 0.3) is 10.9 Å². The van der Waals surface area contributed by atoms with Crippen molar-refractivity contribution in [2.45, 2.75) is 0 Å². The van der Waals surface area contributed by atoms with Crippen LogP contribution in [0.2, 0.25) is 0 Å². The Balaban J connectivity index is 2.93. The number of halogens is 2. The summed E-state index contributed by atoms with van der Waals surface area (Å²) < 4.78 is 31.6. The maximum atomic E-state index is 13.9. The number of carbonyl (C=O) groups excluding carboxylic acids is 1. The molecular formula is C11H7F2NO3. The van der Waals surface area contributed by atoms with Crippen molar-refractivity contribution in [2.24, 2.45) is 0 Å². The summed E-state index contributed by atoms with van der Waals surface area (Å²) >= 11 is 0. The molecule has 1 N–H and O–H groups in total. The van der Waals surface area contributed by atoms with Crippen LogP contribution in [0.4, 0.5) is 8.78 Å². The molecule has 0 saturated carbocycles. The second-order valence-corrected chi connectivity index (χ2v) is 3.30. The zero-order valence-electron chi connectivity index (χ0n) is 8.71. The van der Waals surface area contributed by atoms with Crippen molar-refractivity contribution >= 4 is 16.9 Å². The Morgan fingerprint density at radius 2 is 2.12 bits per heavy atom. The largest absolute Gasteiger partial charge is 0.465 e. The van der Waals surface area contributed by atoms with Gasteiger partial charge in [-0.2, -0.15) is 0 Å². The fraction of sp³-hybridized carbons (Fsp3) is 0.0909. The van der Waals surface area contributed by atoms with Crippen molar-refractivity contribution in [3.05, 3.63) is 45.8 Å². The van der Waals surface area contributed by atoms with Gasteiger partial charge in [-0.25, -0.2) is 13.6 Å². The molecule has 17 heavy (non-hydrogen) atoms. The number of hydrogen-bond acceptors (Lipinski definition) is 3. The Morgan fingerprint density at radius 3 is 2.76 bits per heavy atom. The monoisotopic (exact) mass is 239 g/mol. The smallest absolute Gasteiger partial charge is 0.343 e. The Labute approximate surface area is 93.8 Å². The highest BCUT2D eigenvalue weighted by atomic mass is 19.1. The lowest BCUT2D eigenvalue weighted by atomic mass is 10.1. The first kappa shape index (κ1) is 11.3. The Hall–Kier alpha value is -2.24. The SMILES string of the molecule is COC(=O)c1c(F)cc2[nH]ccc(=O)c2c1F. The molecule has 0 atom stereocenters. The van der Waals surface area contributed by atoms with Gasteiger partial charge in [0.1, 0.15) is 11.4 Å². The molecule has 1 heterocycles. The highest BCUT2D eigenvalue weighted by molar-refractivity contribution is 5.95. The van der Waals surface area contributed by atoms with Crippen LogP contribution in [0.5, 0.6) is 0 Å². The summed E-state index contributed by atoms with van der Waals surface area (Å²) in [6, 6.07) is 1.97. The van der Waals surface area contributed by atoms with Crippen LogP contribution in [0.3, 0.4) is 0 Å². The maximum Gasteiger partial charge on any atom is 0.343 e. The van der Waals surface area contributed by atoms with Gasteiger partial charge in [0.05, 0.1) is 18.0 Å². The van der Waals surface area contributed by atoms with E-state index in [2.05, 4.69) is 9.72 Å². The quantitative estimate of drug-likeness (QED) is 0.769. The third-order valence-corrected chi connectivity index (χ3v) is 2.33. The predicted octanol–water partition coefficient (Wildman–Crippen LogP) is 1.59. The number of pyridine rings is 1. The lowest BCUT2D eigenvalue weighted by Crippen LogP contribution is -2.12. The molecule has 0 fully saturated rings. The lowest BCUT2D eigenvalue weighted by Gasteiger charge is -2.05. The topological polar surface area (TPSA) is 59.2 Å². The molecule has 0 bridgehead atoms. The maximum absolute atomic E-state index is 13.9. The van der Waals surface area contributed by atoms with E-state index in [4.69, 9.17) is 0 Å². The van der Waals surface area contributed by atoms with Gasteiger partial charge in [-0.1, -0.05) is 0 Å². The zero-order valence-corrected chi connectivity index (χ0v) is 8.71. The highest BCUT2D eigenvalue weighted by Crippen LogP contribution is 2.20. The van der Waals surface area contributed by atoms with Crippen molar-refractivity contribution in [1.82, 2.24) is 4.98 Å². The molecular weight excluding hydrogens is 232 g/mol. The summed E-state index contributed by atoms with van der Waals surface area (Å²) in [6.07, 6.45) is 1.27. The Kier molecular flexibility index (Phi) is 2.63. The normalized spacial score (nSPS) is 10.5. The van der Waals surface area contributed by atoms with Crippen LogP contribution in [-0.2, 0) is 4.74 Å². The summed E-state index contributed by atoms with van der Waals surface area (Å²) in [5.41, 5.74) is -1.52. The van der Waals surface area contributed by atoms with E-state index >= 15 is 0 Å². The van der Waals surface area contributed by atoms with E-state index in [1.807, 2.05) is 0 Å². The molecule has 2 rings (SSSR count). The fourth-order valence-corrected chi connectivity index (χ4v) is 1.55. The van der Waals surface area contributed by atoms with Gasteiger partial charge < -0.3 is 9.72 Å². The molecule has 4 nitrogen and oxygen atoms in total. The standard InChI is InChI=1S/C11H7F2NO3/c1-17-11(16)8-5(12)4-6-9(10(8)13)7(15)2-3-14-6/h2-4H,1H3,(H,14,15). The van der Waals surface area contributed by atoms with E-state index < -0.39 is 28.6 Å². The van der Waals surface area contributed by atoms with Crippen LogP contribution in [-0.4, -0.2) is 18.1 Å². The van der Waals surface area contributed by atoms with Crippen molar-refractivity contribution in [3.63, 3.8) is 0 Å². The third kappa shape index (κ3) is 1.67. The summed E-state index contributed by atoms with van der Waals surface area (Å²) in [6.45, 7) is 0. The summed E-state index contributed by atoms with van der Waals surface area (Å²) in [5, 5.41) is -0.366. The molecule has 2 aromatic rings. The zero-order chi connectivity index (χ0) is 12.6. The van der Waals surface area contributed by atoms with E-state index in [0.717, 1.165) is 19.2 Å². The molecule has 1 aromatic carbocycles. The van der Waals surface area contributed by atoms with Gasteiger partial charge >= 0.3 is 5.97 Å². The van der Waals surface area contributed by atoms with Crippen LogP contribution in [0.1, 0.15) is 10.4 Å². The average Bonchev–Trinajstić information content (AvgIpc) is 2.28. The number of carbonyl (C=O) groups is 1. The summed E-state index contributed by atoms with van der Waals surface area (Å²) in [5.74, 6) is -3.46. The molecule has 0 unspecified atom stereocenters. The molecule has 0 spiro atoms. The predicted molar refractivity (Wildman–Crippen MR) is 55.8 cm³/mol. The molecule has 0 aliphatic carbocycles. The van der Waals surface area contributed by atoms with Crippen LogP contribution in [0.15, 0.2) is 23.1 Å². The van der Waals surface area contributed by atoms with Gasteiger partial charge in [0.25, 0.3) is 0 Å². The minimum Gasteiger partial charge on any atom is -0.465 e. The second-order valence-electron chi connectivity index (χ2n) is 3.30. The van der Waals surface area contributed by atoms with Crippen molar-refractivity contribution in [1.29, 1.82) is 0 Å². The number of methoxy groups -OCH3 is 1. The molecule has 0 aliphatic heterocycles. The number of fused-ring (bicyclic) bond motifs is 1. The number of benzene rings is 1. The van der Waals surface area contributed by atoms with Crippen LogP contribution < -0.4 is 5.43 Å². The first-order valence-electron chi connectivity index (χ1n) is 4.64. The van der Waals surface area contributed by atoms with Gasteiger partial charge in [-0.15, -0.1) is 0 Å². The van der Waals surface area contributed by atoms with E-state index in [1.54, 1.807) is 0 Å². The number of hydrogen-bond donors (Lipinski definition) is 1. The van der Waals surface area contributed by atoms with Crippen molar-refractivity contribution < 1.29 is 18.3 Å². The lowest BCUT2D eigenvalue weighted by molar-refractivity contribution is 0.0590. The van der Waals surface area contributed by atoms with Crippen LogP contribution >= 0.6 is 0 Å². The van der Waals surface area contributed by atoms with Gasteiger partial charge in [0, 0.05) is 12.3 Å². The van der Waals surface area contributed by atoms with Gasteiger partial charge in [0.2, 0.25) is 0 Å². The summed E-state index contributed by atoms with van der Waals surface area (Å²) in [4.78, 5) is 25.2.